The third kappa shape index (κ3) is 4.79. The van der Waals surface area contributed by atoms with Gasteiger partial charge in [0.1, 0.15) is 10.1 Å². The van der Waals surface area contributed by atoms with Gasteiger partial charge in [0.05, 0.1) is 4.90 Å². The largest absolute Gasteiger partial charge is 1.00 e. The molecule has 3 aromatic carbocycles. The molecule has 122 valence electrons. The number of hydrogen-bond acceptors (Lipinski definition) is 3. The Balaban J connectivity index is 0.00000225. The minimum atomic E-state index is -4.48. The van der Waals surface area contributed by atoms with Crippen molar-refractivity contribution in [3.63, 3.8) is 0 Å². The Bertz CT molecular complexity index is 905. The van der Waals surface area contributed by atoms with E-state index in [2.05, 4.69) is 0 Å². The van der Waals surface area contributed by atoms with Gasteiger partial charge >= 0.3 is 29.6 Å². The van der Waals surface area contributed by atoms with E-state index < -0.39 is 18.0 Å². The van der Waals surface area contributed by atoms with E-state index >= 15 is 0 Å². The minimum absolute atomic E-state index is 0. The van der Waals surface area contributed by atoms with Crippen LogP contribution >= 0.6 is 7.92 Å². The molecule has 0 aromatic heterocycles. The molecule has 0 unspecified atom stereocenters. The molecule has 0 fully saturated rings. The van der Waals surface area contributed by atoms with E-state index in [1.807, 2.05) is 67.6 Å². The average molecular weight is 378 g/mol. The van der Waals surface area contributed by atoms with Crippen LogP contribution in [0.2, 0.25) is 0 Å². The molecular weight excluding hydrogens is 362 g/mol. The van der Waals surface area contributed by atoms with Crippen molar-refractivity contribution in [3.8, 4) is 0 Å². The SMILES string of the molecule is Cc1ccc(S(=O)(=O)[O-])cc1P(c1ccccc1)c1ccccc1.[Na+]. The van der Waals surface area contributed by atoms with E-state index in [0.29, 0.717) is 0 Å². The van der Waals surface area contributed by atoms with Crippen molar-refractivity contribution in [2.75, 3.05) is 0 Å². The summed E-state index contributed by atoms with van der Waals surface area (Å²) in [5, 5.41) is 3.11. The molecule has 3 aromatic rings. The molecule has 3 rings (SSSR count). The third-order valence-corrected chi connectivity index (χ3v) is 7.16. The predicted octanol–water partition coefficient (Wildman–Crippen LogP) is -0.339. The van der Waals surface area contributed by atoms with E-state index in [-0.39, 0.29) is 34.5 Å². The van der Waals surface area contributed by atoms with Crippen molar-refractivity contribution in [2.45, 2.75) is 11.8 Å². The maximum absolute atomic E-state index is 11.4. The van der Waals surface area contributed by atoms with Gasteiger partial charge in [0, 0.05) is 0 Å². The summed E-state index contributed by atoms with van der Waals surface area (Å²) in [5.74, 6) is 0. The van der Waals surface area contributed by atoms with E-state index in [9.17, 15) is 13.0 Å². The number of rotatable bonds is 4. The second-order valence-corrected chi connectivity index (χ2v) is 8.97. The van der Waals surface area contributed by atoms with Gasteiger partial charge in [0.25, 0.3) is 0 Å². The van der Waals surface area contributed by atoms with Crippen molar-refractivity contribution < 1.29 is 42.5 Å². The van der Waals surface area contributed by atoms with Crippen molar-refractivity contribution in [1.82, 2.24) is 0 Å². The molecule has 0 heterocycles. The molecule has 0 aliphatic heterocycles. The van der Waals surface area contributed by atoms with Crippen LogP contribution in [0.15, 0.2) is 83.8 Å². The van der Waals surface area contributed by atoms with Crippen LogP contribution in [0, 0.1) is 6.92 Å². The zero-order valence-corrected chi connectivity index (χ0v) is 17.8. The molecule has 0 aliphatic carbocycles. The van der Waals surface area contributed by atoms with Crippen molar-refractivity contribution in [2.24, 2.45) is 0 Å². The average Bonchev–Trinajstić information content (AvgIpc) is 2.58. The molecule has 0 radical (unpaired) electrons. The van der Waals surface area contributed by atoms with Crippen LogP contribution in [0.3, 0.4) is 0 Å². The van der Waals surface area contributed by atoms with Gasteiger partial charge in [-0.05, 0) is 48.5 Å². The zero-order valence-electron chi connectivity index (χ0n) is 14.1. The molecule has 0 bridgehead atoms. The van der Waals surface area contributed by atoms with Gasteiger partial charge in [0.15, 0.2) is 0 Å². The summed E-state index contributed by atoms with van der Waals surface area (Å²) >= 11 is 0. The number of aryl methyl sites for hydroxylation is 1. The quantitative estimate of drug-likeness (QED) is 0.355. The molecule has 0 N–H and O–H groups in total. The first kappa shape index (κ1) is 20.3. The topological polar surface area (TPSA) is 57.2 Å². The summed E-state index contributed by atoms with van der Waals surface area (Å²) in [6.45, 7) is 1.94. The van der Waals surface area contributed by atoms with Crippen LogP contribution in [-0.2, 0) is 10.1 Å². The summed E-state index contributed by atoms with van der Waals surface area (Å²) in [4.78, 5) is -0.178. The second kappa shape index (κ2) is 8.59. The summed E-state index contributed by atoms with van der Waals surface area (Å²) in [5.41, 5.74) is 0.973. The van der Waals surface area contributed by atoms with Gasteiger partial charge in [-0.1, -0.05) is 66.7 Å². The Labute approximate surface area is 171 Å². The third-order valence-electron chi connectivity index (χ3n) is 3.74. The van der Waals surface area contributed by atoms with E-state index in [1.54, 1.807) is 6.07 Å². The first-order chi connectivity index (χ1) is 11.5. The first-order valence-electron chi connectivity index (χ1n) is 7.43. The molecule has 0 aliphatic rings. The van der Waals surface area contributed by atoms with Crippen molar-refractivity contribution >= 4 is 34.0 Å². The molecule has 0 spiro atoms. The summed E-state index contributed by atoms with van der Waals surface area (Å²) in [6.07, 6.45) is 0. The Kier molecular flexibility index (Phi) is 6.98. The molecule has 0 atom stereocenters. The Morgan fingerprint density at radius 1 is 0.800 bits per heavy atom. The summed E-state index contributed by atoms with van der Waals surface area (Å²) < 4.78 is 34.3. The second-order valence-electron chi connectivity index (χ2n) is 5.41. The van der Waals surface area contributed by atoms with Crippen molar-refractivity contribution in [1.29, 1.82) is 0 Å². The normalized spacial score (nSPS) is 11.2. The maximum atomic E-state index is 11.4. The standard InChI is InChI=1S/C19H17O3PS.Na/c1-15-12-13-18(24(20,21)22)14-19(15)23(16-8-4-2-5-9-16)17-10-6-3-7-11-17;/h2-14H,1H3,(H,20,21,22);/q;+1/p-1. The predicted molar refractivity (Wildman–Crippen MR) is 97.8 cm³/mol. The van der Waals surface area contributed by atoms with Gasteiger partial charge in [-0.15, -0.1) is 0 Å². The molecular formula is C19H16NaO3PS. The summed E-state index contributed by atoms with van der Waals surface area (Å²) in [7, 11) is -5.41. The van der Waals surface area contributed by atoms with Crippen LogP contribution in [0.4, 0.5) is 0 Å². The number of hydrogen-bond donors (Lipinski definition) is 0. The molecule has 6 heteroatoms. The Hall–Kier alpha value is -1.000. The van der Waals surface area contributed by atoms with E-state index in [0.717, 1.165) is 21.5 Å². The molecule has 25 heavy (non-hydrogen) atoms. The summed E-state index contributed by atoms with van der Waals surface area (Å²) in [6, 6.07) is 24.6. The zero-order chi connectivity index (χ0) is 17.2. The minimum Gasteiger partial charge on any atom is -0.744 e. The van der Waals surface area contributed by atoms with Gasteiger partial charge in [0.2, 0.25) is 0 Å². The molecule has 0 saturated carbocycles. The molecule has 0 amide bonds. The van der Waals surface area contributed by atoms with Crippen LogP contribution in [0.5, 0.6) is 0 Å². The van der Waals surface area contributed by atoms with Gasteiger partial charge in [-0.3, -0.25) is 0 Å². The van der Waals surface area contributed by atoms with Crippen LogP contribution in [0.25, 0.3) is 0 Å². The molecule has 3 nitrogen and oxygen atoms in total. The van der Waals surface area contributed by atoms with Gasteiger partial charge in [-0.2, -0.15) is 0 Å². The Morgan fingerprint density at radius 2 is 1.28 bits per heavy atom. The fourth-order valence-electron chi connectivity index (χ4n) is 2.57. The van der Waals surface area contributed by atoms with Crippen LogP contribution in [-0.4, -0.2) is 13.0 Å². The van der Waals surface area contributed by atoms with Crippen LogP contribution < -0.4 is 45.5 Å². The van der Waals surface area contributed by atoms with Crippen molar-refractivity contribution in [3.05, 3.63) is 84.4 Å². The fourth-order valence-corrected chi connectivity index (χ4v) is 5.64. The number of benzene rings is 3. The molecule has 0 saturated heterocycles. The fraction of sp³-hybridized carbons (Fsp3) is 0.0526. The maximum Gasteiger partial charge on any atom is 1.00 e. The van der Waals surface area contributed by atoms with Gasteiger partial charge < -0.3 is 4.55 Å². The Morgan fingerprint density at radius 3 is 1.72 bits per heavy atom. The monoisotopic (exact) mass is 378 g/mol. The van der Waals surface area contributed by atoms with E-state index in [1.165, 1.54) is 12.1 Å². The van der Waals surface area contributed by atoms with Crippen LogP contribution in [0.1, 0.15) is 5.56 Å². The van der Waals surface area contributed by atoms with Gasteiger partial charge in [-0.25, -0.2) is 8.42 Å². The first-order valence-corrected chi connectivity index (χ1v) is 10.2. The smallest absolute Gasteiger partial charge is 0.744 e. The van der Waals surface area contributed by atoms with E-state index in [4.69, 9.17) is 0 Å².